The Kier molecular flexibility index (Phi) is 6.45. The van der Waals surface area contributed by atoms with E-state index in [1.807, 2.05) is 6.07 Å². The van der Waals surface area contributed by atoms with E-state index in [4.69, 9.17) is 9.47 Å². The van der Waals surface area contributed by atoms with Gasteiger partial charge in [0.15, 0.2) is 11.6 Å². The molecule has 166 valence electrons. The van der Waals surface area contributed by atoms with Gasteiger partial charge in [-0.15, -0.1) is 0 Å². The molecule has 0 radical (unpaired) electrons. The van der Waals surface area contributed by atoms with Gasteiger partial charge < -0.3 is 14.4 Å². The van der Waals surface area contributed by atoms with Crippen LogP contribution < -0.4 is 9.47 Å². The average molecular weight is 456 g/mol. The Labute approximate surface area is 188 Å². The molecule has 2 aliphatic rings. The number of hydrogen-bond donors (Lipinski definition) is 0. The summed E-state index contributed by atoms with van der Waals surface area (Å²) in [6.45, 7) is 0.995. The van der Waals surface area contributed by atoms with Crippen molar-refractivity contribution in [1.82, 2.24) is 9.80 Å². The summed E-state index contributed by atoms with van der Waals surface area (Å²) < 4.78 is 25.4. The zero-order valence-corrected chi connectivity index (χ0v) is 18.2. The van der Waals surface area contributed by atoms with Gasteiger partial charge in [0.2, 0.25) is 5.91 Å². The molecule has 0 N–H and O–H groups in total. The molecule has 7 nitrogen and oxygen atoms in total. The fraction of sp³-hybridized carbons (Fsp3) is 0.261. The van der Waals surface area contributed by atoms with Crippen LogP contribution in [0.15, 0.2) is 47.4 Å². The van der Waals surface area contributed by atoms with Gasteiger partial charge >= 0.3 is 0 Å². The minimum absolute atomic E-state index is 0.0494. The summed E-state index contributed by atoms with van der Waals surface area (Å²) in [5.74, 6) is -0.863. The third-order valence-corrected chi connectivity index (χ3v) is 6.07. The molecule has 2 saturated heterocycles. The second-order valence-corrected chi connectivity index (χ2v) is 8.29. The van der Waals surface area contributed by atoms with Crippen LogP contribution in [0.5, 0.6) is 17.2 Å². The summed E-state index contributed by atoms with van der Waals surface area (Å²) in [4.78, 5) is 40.3. The van der Waals surface area contributed by atoms with E-state index in [9.17, 15) is 18.8 Å². The Hall–Kier alpha value is -3.33. The van der Waals surface area contributed by atoms with Crippen molar-refractivity contribution in [2.45, 2.75) is 12.8 Å². The first-order valence-corrected chi connectivity index (χ1v) is 10.9. The Balaban J connectivity index is 1.58. The van der Waals surface area contributed by atoms with Crippen molar-refractivity contribution < 1.29 is 28.2 Å². The first-order valence-electron chi connectivity index (χ1n) is 10.1. The molecule has 0 unspecified atom stereocenters. The minimum atomic E-state index is -0.632. The predicted octanol–water partition coefficient (Wildman–Crippen LogP) is 4.29. The van der Waals surface area contributed by atoms with E-state index >= 15 is 0 Å². The Morgan fingerprint density at radius 3 is 2.53 bits per heavy atom. The van der Waals surface area contributed by atoms with Crippen molar-refractivity contribution in [2.75, 3.05) is 26.7 Å². The minimum Gasteiger partial charge on any atom is -0.496 e. The monoisotopic (exact) mass is 456 g/mol. The van der Waals surface area contributed by atoms with Gasteiger partial charge in [0.25, 0.3) is 11.1 Å². The van der Waals surface area contributed by atoms with Gasteiger partial charge in [-0.2, -0.15) is 0 Å². The molecule has 0 saturated carbocycles. The lowest BCUT2D eigenvalue weighted by Gasteiger charge is -2.18. The van der Waals surface area contributed by atoms with Crippen LogP contribution >= 0.6 is 11.8 Å². The molecule has 0 aliphatic carbocycles. The quantitative estimate of drug-likeness (QED) is 0.604. The van der Waals surface area contributed by atoms with Crippen molar-refractivity contribution in [3.05, 3.63) is 58.8 Å². The van der Waals surface area contributed by atoms with Gasteiger partial charge in [-0.3, -0.25) is 19.3 Å². The zero-order chi connectivity index (χ0) is 22.7. The van der Waals surface area contributed by atoms with Gasteiger partial charge in [-0.1, -0.05) is 18.2 Å². The maximum absolute atomic E-state index is 14.5. The number of carbonyl (C=O) groups excluding carboxylic acids is 3. The van der Waals surface area contributed by atoms with Crippen LogP contribution in [0, 0.1) is 5.82 Å². The summed E-state index contributed by atoms with van der Waals surface area (Å²) in [7, 11) is 1.38. The van der Waals surface area contributed by atoms with Crippen LogP contribution in [0.4, 0.5) is 9.18 Å². The van der Waals surface area contributed by atoms with E-state index in [2.05, 4.69) is 0 Å². The first kappa shape index (κ1) is 21.9. The summed E-state index contributed by atoms with van der Waals surface area (Å²) in [5, 5.41) is -0.518. The second-order valence-electron chi connectivity index (χ2n) is 7.30. The lowest BCUT2D eigenvalue weighted by molar-refractivity contribution is -0.135. The van der Waals surface area contributed by atoms with Crippen molar-refractivity contribution in [2.24, 2.45) is 0 Å². The highest BCUT2D eigenvalue weighted by Crippen LogP contribution is 2.37. The number of benzene rings is 2. The van der Waals surface area contributed by atoms with Crippen molar-refractivity contribution >= 4 is 34.9 Å². The fourth-order valence-electron chi connectivity index (χ4n) is 3.51. The Morgan fingerprint density at radius 2 is 1.84 bits per heavy atom. The standard InChI is InChI=1S/C23H21FN2O5S/c1-30-18-13-17(24)19(31-16-7-3-2-4-8-16)11-15(18)12-20-22(28)26(23(29)32-20)14-21(27)25-9-5-6-10-25/h2-4,7-8,11-13H,5-6,9-10,14H2,1H3. The maximum atomic E-state index is 14.5. The molecule has 2 aromatic rings. The number of amides is 3. The number of carbonyl (C=O) groups is 3. The highest BCUT2D eigenvalue weighted by Gasteiger charge is 2.37. The lowest BCUT2D eigenvalue weighted by atomic mass is 10.1. The number of para-hydroxylation sites is 1. The molecule has 0 aromatic heterocycles. The molecule has 4 rings (SSSR count). The van der Waals surface area contributed by atoms with Crippen LogP contribution in [0.25, 0.3) is 6.08 Å². The molecule has 2 aromatic carbocycles. The van der Waals surface area contributed by atoms with E-state index in [1.54, 1.807) is 29.2 Å². The second kappa shape index (κ2) is 9.44. The Bertz CT molecular complexity index is 1080. The molecule has 2 fully saturated rings. The van der Waals surface area contributed by atoms with Gasteiger partial charge in [0, 0.05) is 24.7 Å². The highest BCUT2D eigenvalue weighted by molar-refractivity contribution is 8.18. The Morgan fingerprint density at radius 1 is 1.12 bits per heavy atom. The number of thioether (sulfide) groups is 1. The fourth-order valence-corrected chi connectivity index (χ4v) is 4.34. The third-order valence-electron chi connectivity index (χ3n) is 5.17. The number of likely N-dealkylation sites (tertiary alicyclic amines) is 1. The van der Waals surface area contributed by atoms with E-state index in [0.717, 1.165) is 35.6 Å². The van der Waals surface area contributed by atoms with Crippen molar-refractivity contribution in [3.63, 3.8) is 0 Å². The molecule has 0 atom stereocenters. The van der Waals surface area contributed by atoms with Crippen LogP contribution in [0.2, 0.25) is 0 Å². The molecule has 32 heavy (non-hydrogen) atoms. The smallest absolute Gasteiger partial charge is 0.294 e. The average Bonchev–Trinajstić information content (AvgIpc) is 3.41. The largest absolute Gasteiger partial charge is 0.496 e. The van der Waals surface area contributed by atoms with Crippen LogP contribution in [-0.2, 0) is 9.59 Å². The number of nitrogens with zero attached hydrogens (tertiary/aromatic N) is 2. The topological polar surface area (TPSA) is 76.2 Å². The zero-order valence-electron chi connectivity index (χ0n) is 17.4. The van der Waals surface area contributed by atoms with E-state index in [-0.39, 0.29) is 28.9 Å². The van der Waals surface area contributed by atoms with Gasteiger partial charge in [0.05, 0.1) is 12.0 Å². The number of halogens is 1. The molecular formula is C23H21FN2O5S. The SMILES string of the molecule is COc1cc(F)c(Oc2ccccc2)cc1C=C1SC(=O)N(CC(=O)N2CCCC2)C1=O. The number of imide groups is 1. The van der Waals surface area contributed by atoms with Crippen molar-refractivity contribution in [3.8, 4) is 17.2 Å². The summed E-state index contributed by atoms with van der Waals surface area (Å²) in [6.07, 6.45) is 3.29. The number of ether oxygens (including phenoxy) is 2. The van der Waals surface area contributed by atoms with E-state index < -0.39 is 17.0 Å². The molecule has 9 heteroatoms. The van der Waals surface area contributed by atoms with E-state index in [0.29, 0.717) is 24.4 Å². The molecule has 2 heterocycles. The van der Waals surface area contributed by atoms with Gasteiger partial charge in [0.1, 0.15) is 18.0 Å². The number of methoxy groups -OCH3 is 1. The van der Waals surface area contributed by atoms with E-state index in [1.165, 1.54) is 19.3 Å². The van der Waals surface area contributed by atoms with Crippen molar-refractivity contribution in [1.29, 1.82) is 0 Å². The first-order chi connectivity index (χ1) is 15.5. The summed E-state index contributed by atoms with van der Waals surface area (Å²) >= 11 is 0.732. The predicted molar refractivity (Wildman–Crippen MR) is 118 cm³/mol. The molecule has 0 spiro atoms. The van der Waals surface area contributed by atoms with Gasteiger partial charge in [-0.05, 0) is 48.9 Å². The van der Waals surface area contributed by atoms with Crippen LogP contribution in [0.3, 0.4) is 0 Å². The summed E-state index contributed by atoms with van der Waals surface area (Å²) in [6, 6.07) is 11.3. The number of rotatable bonds is 6. The number of hydrogen-bond acceptors (Lipinski definition) is 6. The molecular weight excluding hydrogens is 435 g/mol. The normalized spacial score (nSPS) is 17.4. The van der Waals surface area contributed by atoms with Gasteiger partial charge in [-0.25, -0.2) is 4.39 Å². The summed E-state index contributed by atoms with van der Waals surface area (Å²) in [5.41, 5.74) is 0.371. The van der Waals surface area contributed by atoms with Crippen LogP contribution in [0.1, 0.15) is 18.4 Å². The van der Waals surface area contributed by atoms with Crippen LogP contribution in [-0.4, -0.2) is 53.6 Å². The molecule has 3 amide bonds. The lowest BCUT2D eigenvalue weighted by Crippen LogP contribution is -2.40. The maximum Gasteiger partial charge on any atom is 0.294 e. The highest BCUT2D eigenvalue weighted by atomic mass is 32.2. The third kappa shape index (κ3) is 4.62. The molecule has 2 aliphatic heterocycles. The molecule has 0 bridgehead atoms.